The van der Waals surface area contributed by atoms with Crippen molar-refractivity contribution < 1.29 is 22.6 Å². The molecule has 0 amide bonds. The Hall–Kier alpha value is -2.43. The van der Waals surface area contributed by atoms with Crippen LogP contribution in [0.2, 0.25) is 0 Å². The molecule has 0 bridgehead atoms. The molecule has 5 heteroatoms. The molecule has 23 heavy (non-hydrogen) atoms. The third kappa shape index (κ3) is 3.18. The van der Waals surface area contributed by atoms with Crippen molar-refractivity contribution in [2.45, 2.75) is 19.5 Å². The van der Waals surface area contributed by atoms with Crippen LogP contribution in [-0.2, 0) is 6.18 Å². The molecule has 1 heterocycles. The van der Waals surface area contributed by atoms with E-state index in [0.717, 1.165) is 29.7 Å². The Labute approximate surface area is 132 Å². The molecule has 2 aromatic carbocycles. The number of hydrogen-bond acceptors (Lipinski definition) is 2. The quantitative estimate of drug-likeness (QED) is 0.717. The summed E-state index contributed by atoms with van der Waals surface area (Å²) in [7, 11) is 0. The van der Waals surface area contributed by atoms with Gasteiger partial charge in [-0.2, -0.15) is 13.2 Å². The van der Waals surface area contributed by atoms with Crippen LogP contribution in [0.1, 0.15) is 23.1 Å². The molecule has 1 aliphatic heterocycles. The van der Waals surface area contributed by atoms with E-state index < -0.39 is 11.7 Å². The number of halogens is 3. The van der Waals surface area contributed by atoms with Crippen molar-refractivity contribution in [1.82, 2.24) is 0 Å². The molecule has 0 saturated heterocycles. The highest BCUT2D eigenvalue weighted by Gasteiger charge is 2.30. The monoisotopic (exact) mass is 320 g/mol. The SMILES string of the molecule is C=C1CCOc2cc(Oc3ccc(C(F)(F)F)cc3C)ccc21. The van der Waals surface area contributed by atoms with E-state index in [1.54, 1.807) is 19.1 Å². The van der Waals surface area contributed by atoms with Crippen LogP contribution in [0.5, 0.6) is 17.2 Å². The Bertz CT molecular complexity index is 763. The zero-order valence-corrected chi connectivity index (χ0v) is 12.5. The lowest BCUT2D eigenvalue weighted by Crippen LogP contribution is -2.07. The third-order valence-electron chi connectivity index (χ3n) is 3.73. The van der Waals surface area contributed by atoms with Gasteiger partial charge in [-0.1, -0.05) is 6.58 Å². The maximum absolute atomic E-state index is 12.7. The van der Waals surface area contributed by atoms with Crippen LogP contribution in [-0.4, -0.2) is 6.61 Å². The van der Waals surface area contributed by atoms with Gasteiger partial charge in [0.25, 0.3) is 0 Å². The summed E-state index contributed by atoms with van der Waals surface area (Å²) < 4.78 is 49.3. The molecule has 120 valence electrons. The Kier molecular flexibility index (Phi) is 3.80. The van der Waals surface area contributed by atoms with Gasteiger partial charge in [0.05, 0.1) is 12.2 Å². The van der Waals surface area contributed by atoms with Gasteiger partial charge >= 0.3 is 6.18 Å². The van der Waals surface area contributed by atoms with Crippen LogP contribution >= 0.6 is 0 Å². The van der Waals surface area contributed by atoms with E-state index >= 15 is 0 Å². The fraction of sp³-hybridized carbons (Fsp3) is 0.222. The Morgan fingerprint density at radius 1 is 1.13 bits per heavy atom. The minimum atomic E-state index is -4.36. The van der Waals surface area contributed by atoms with Crippen LogP contribution in [0.15, 0.2) is 43.0 Å². The van der Waals surface area contributed by atoms with Gasteiger partial charge in [-0.05, 0) is 48.4 Å². The van der Waals surface area contributed by atoms with E-state index in [4.69, 9.17) is 9.47 Å². The predicted molar refractivity (Wildman–Crippen MR) is 81.8 cm³/mol. The summed E-state index contributed by atoms with van der Waals surface area (Å²) in [6, 6.07) is 8.76. The normalized spacial score (nSPS) is 14.2. The van der Waals surface area contributed by atoms with E-state index in [1.165, 1.54) is 6.07 Å². The van der Waals surface area contributed by atoms with Gasteiger partial charge in [0.2, 0.25) is 0 Å². The number of rotatable bonds is 2. The second-order valence-electron chi connectivity index (χ2n) is 5.44. The third-order valence-corrected chi connectivity index (χ3v) is 3.73. The second-order valence-corrected chi connectivity index (χ2v) is 5.44. The predicted octanol–water partition coefficient (Wildman–Crippen LogP) is 5.60. The molecular formula is C18H15F3O2. The van der Waals surface area contributed by atoms with E-state index in [2.05, 4.69) is 6.58 Å². The molecule has 0 saturated carbocycles. The summed E-state index contributed by atoms with van der Waals surface area (Å²) in [5.74, 6) is 1.58. The molecule has 0 aromatic heterocycles. The van der Waals surface area contributed by atoms with Gasteiger partial charge in [-0.25, -0.2) is 0 Å². The second kappa shape index (κ2) is 5.65. The summed E-state index contributed by atoms with van der Waals surface area (Å²) >= 11 is 0. The van der Waals surface area contributed by atoms with Gasteiger partial charge in [0.15, 0.2) is 0 Å². The van der Waals surface area contributed by atoms with Crippen LogP contribution in [0.25, 0.3) is 5.57 Å². The molecule has 0 atom stereocenters. The van der Waals surface area contributed by atoms with Crippen molar-refractivity contribution in [1.29, 1.82) is 0 Å². The molecule has 1 aliphatic rings. The molecule has 0 aliphatic carbocycles. The maximum atomic E-state index is 12.7. The highest BCUT2D eigenvalue weighted by Crippen LogP contribution is 2.37. The first-order valence-corrected chi connectivity index (χ1v) is 7.15. The van der Waals surface area contributed by atoms with Gasteiger partial charge in [-0.3, -0.25) is 0 Å². The van der Waals surface area contributed by atoms with E-state index in [-0.39, 0.29) is 0 Å². The lowest BCUT2D eigenvalue weighted by atomic mass is 10.0. The first kappa shape index (κ1) is 15.5. The molecule has 0 fully saturated rings. The highest BCUT2D eigenvalue weighted by atomic mass is 19.4. The Balaban J connectivity index is 1.86. The molecular weight excluding hydrogens is 305 g/mol. The van der Waals surface area contributed by atoms with Crippen LogP contribution < -0.4 is 9.47 Å². The number of aryl methyl sites for hydroxylation is 1. The van der Waals surface area contributed by atoms with Crippen LogP contribution in [0, 0.1) is 6.92 Å². The van der Waals surface area contributed by atoms with Crippen molar-refractivity contribution in [3.63, 3.8) is 0 Å². The van der Waals surface area contributed by atoms with Gasteiger partial charge < -0.3 is 9.47 Å². The van der Waals surface area contributed by atoms with Gasteiger partial charge in [-0.15, -0.1) is 0 Å². The topological polar surface area (TPSA) is 18.5 Å². The lowest BCUT2D eigenvalue weighted by Gasteiger charge is -2.20. The Morgan fingerprint density at radius 2 is 1.91 bits per heavy atom. The molecule has 0 unspecified atom stereocenters. The summed E-state index contributed by atoms with van der Waals surface area (Å²) in [5, 5.41) is 0. The summed E-state index contributed by atoms with van der Waals surface area (Å²) in [6.45, 7) is 6.14. The van der Waals surface area contributed by atoms with Gasteiger partial charge in [0.1, 0.15) is 17.2 Å². The molecule has 2 aromatic rings. The zero-order valence-electron chi connectivity index (χ0n) is 12.5. The number of ether oxygens (including phenoxy) is 2. The van der Waals surface area contributed by atoms with Crippen LogP contribution in [0.4, 0.5) is 13.2 Å². The van der Waals surface area contributed by atoms with Crippen molar-refractivity contribution >= 4 is 5.57 Å². The smallest absolute Gasteiger partial charge is 0.416 e. The minimum Gasteiger partial charge on any atom is -0.492 e. The zero-order chi connectivity index (χ0) is 16.6. The molecule has 3 rings (SSSR count). The van der Waals surface area contributed by atoms with E-state index in [0.29, 0.717) is 29.4 Å². The van der Waals surface area contributed by atoms with Gasteiger partial charge in [0, 0.05) is 18.1 Å². The number of alkyl halides is 3. The summed E-state index contributed by atoms with van der Waals surface area (Å²) in [4.78, 5) is 0. The molecule has 0 spiro atoms. The van der Waals surface area contributed by atoms with E-state index in [9.17, 15) is 13.2 Å². The minimum absolute atomic E-state index is 0.382. The Morgan fingerprint density at radius 3 is 2.61 bits per heavy atom. The lowest BCUT2D eigenvalue weighted by molar-refractivity contribution is -0.137. The largest absolute Gasteiger partial charge is 0.492 e. The first-order chi connectivity index (χ1) is 10.8. The van der Waals surface area contributed by atoms with Crippen molar-refractivity contribution in [2.75, 3.05) is 6.61 Å². The average molecular weight is 320 g/mol. The van der Waals surface area contributed by atoms with Crippen LogP contribution in [0.3, 0.4) is 0 Å². The maximum Gasteiger partial charge on any atom is 0.416 e. The summed E-state index contributed by atoms with van der Waals surface area (Å²) in [5.41, 5.74) is 1.67. The van der Waals surface area contributed by atoms with Crippen molar-refractivity contribution in [3.8, 4) is 17.2 Å². The van der Waals surface area contributed by atoms with Crippen molar-refractivity contribution in [2.24, 2.45) is 0 Å². The average Bonchev–Trinajstić information content (AvgIpc) is 2.48. The van der Waals surface area contributed by atoms with Crippen molar-refractivity contribution in [3.05, 3.63) is 59.7 Å². The number of benzene rings is 2. The number of hydrogen-bond donors (Lipinski definition) is 0. The number of fused-ring (bicyclic) bond motifs is 1. The fourth-order valence-corrected chi connectivity index (χ4v) is 2.46. The summed E-state index contributed by atoms with van der Waals surface area (Å²) in [6.07, 6.45) is -3.57. The molecule has 2 nitrogen and oxygen atoms in total. The highest BCUT2D eigenvalue weighted by molar-refractivity contribution is 5.71. The standard InChI is InChI=1S/C18H15F3O2/c1-11-7-8-22-17-10-14(4-5-15(11)17)23-16-6-3-13(9-12(16)2)18(19,20)21/h3-6,9-10H,1,7-8H2,2H3. The van der Waals surface area contributed by atoms with E-state index in [1.807, 2.05) is 6.07 Å². The molecule has 0 N–H and O–H groups in total. The fourth-order valence-electron chi connectivity index (χ4n) is 2.46. The first-order valence-electron chi connectivity index (χ1n) is 7.15. The molecule has 0 radical (unpaired) electrons.